The molecule has 0 saturated carbocycles. The molecule has 0 heterocycles. The molecule has 0 atom stereocenters. The lowest BCUT2D eigenvalue weighted by Gasteiger charge is -2.10. The van der Waals surface area contributed by atoms with Gasteiger partial charge in [0.15, 0.2) is 11.5 Å². The molecule has 0 saturated heterocycles. The van der Waals surface area contributed by atoms with Crippen LogP contribution in [0.1, 0.15) is 119 Å². The lowest BCUT2D eigenvalue weighted by atomic mass is 10.0. The van der Waals surface area contributed by atoms with Crippen molar-refractivity contribution in [3.8, 4) is 17.2 Å². The lowest BCUT2D eigenvalue weighted by molar-refractivity contribution is -0.140. The molecule has 0 amide bonds. The van der Waals surface area contributed by atoms with Gasteiger partial charge in [-0.05, 0) is 219 Å². The van der Waals surface area contributed by atoms with Gasteiger partial charge in [0.1, 0.15) is 17.4 Å². The number of methoxy groups -OCH3 is 2. The molecular weight excluding hydrogens is 1170 g/mol. The fourth-order valence-electron chi connectivity index (χ4n) is 8.00. The van der Waals surface area contributed by atoms with Crippen molar-refractivity contribution in [3.63, 3.8) is 0 Å². The molecule has 0 spiro atoms. The van der Waals surface area contributed by atoms with Gasteiger partial charge in [-0.3, -0.25) is 0 Å². The molecule has 9 aromatic carbocycles. The van der Waals surface area contributed by atoms with Crippen molar-refractivity contribution in [2.24, 2.45) is 0 Å². The van der Waals surface area contributed by atoms with Crippen LogP contribution < -0.4 is 14.2 Å². The second-order valence-electron chi connectivity index (χ2n) is 21.3. The second-order valence-corrected chi connectivity index (χ2v) is 21.3. The summed E-state index contributed by atoms with van der Waals surface area (Å²) in [5, 5.41) is 0. The van der Waals surface area contributed by atoms with E-state index in [1.165, 1.54) is 99.9 Å². The normalized spacial score (nSPS) is 10.2. The number of rotatable bonds is 9. The summed E-state index contributed by atoms with van der Waals surface area (Å²) in [5.41, 5.74) is 15.4. The van der Waals surface area contributed by atoms with Crippen molar-refractivity contribution in [1.82, 2.24) is 0 Å². The van der Waals surface area contributed by atoms with Crippen LogP contribution in [0.15, 0.2) is 195 Å². The molecule has 0 unspecified atom stereocenters. The number of ether oxygens (including phenoxy) is 4. The van der Waals surface area contributed by atoms with Crippen LogP contribution in [0.5, 0.6) is 17.2 Å². The number of aryl methyl sites for hydroxylation is 12. The van der Waals surface area contributed by atoms with Crippen LogP contribution in [0, 0.1) is 94.7 Å². The minimum atomic E-state index is -4.60. The molecule has 9 rings (SSSR count). The molecule has 0 radical (unpaired) electrons. The Morgan fingerprint density at radius 1 is 0.418 bits per heavy atom. The molecule has 91 heavy (non-hydrogen) atoms. The monoisotopic (exact) mass is 1260 g/mol. The van der Waals surface area contributed by atoms with Crippen molar-refractivity contribution in [3.05, 3.63) is 306 Å². The maximum absolute atomic E-state index is 12.8. The summed E-state index contributed by atoms with van der Waals surface area (Å²) in [4.78, 5) is 10.9. The molecule has 9 aromatic rings. The summed E-state index contributed by atoms with van der Waals surface area (Å²) in [7, 11) is 3.07. The van der Waals surface area contributed by atoms with E-state index >= 15 is 0 Å². The molecule has 5 nitrogen and oxygen atoms in total. The fraction of sp³-hybridized carbons (Fsp3) is 0.269. The molecule has 0 aliphatic rings. The Bertz CT molecular complexity index is 3530. The topological polar surface area (TPSA) is 54.0 Å². The molecular formula is C78H88F8O5. The minimum Gasteiger partial charge on any atom is -0.496 e. The first-order valence-electron chi connectivity index (χ1n) is 29.5. The van der Waals surface area contributed by atoms with E-state index in [9.17, 15) is 39.9 Å². The van der Waals surface area contributed by atoms with Gasteiger partial charge in [0.25, 0.3) is 0 Å². The van der Waals surface area contributed by atoms with Gasteiger partial charge in [-0.2, -0.15) is 26.3 Å². The Labute approximate surface area is 535 Å². The molecule has 0 bridgehead atoms. The van der Waals surface area contributed by atoms with E-state index in [4.69, 9.17) is 14.2 Å². The highest BCUT2D eigenvalue weighted by Gasteiger charge is 2.34. The minimum absolute atomic E-state index is 0.00447. The number of alkyl halides is 6. The third kappa shape index (κ3) is 29.9. The molecule has 0 aromatic heterocycles. The van der Waals surface area contributed by atoms with E-state index < -0.39 is 35.1 Å². The van der Waals surface area contributed by atoms with Crippen LogP contribution >= 0.6 is 0 Å². The maximum atomic E-state index is 12.8. The number of carbonyl (C=O) groups is 1. The van der Waals surface area contributed by atoms with Gasteiger partial charge < -0.3 is 18.9 Å². The zero-order valence-electron chi connectivity index (χ0n) is 55.4. The number of benzene rings is 9. The standard InChI is InChI=1S/C14H14.C11H16O2.C10H14.C9H10O2.C9H12O.C9H10.2C8H6F4/c1-12-7-9-14(10-8-12)11-13-5-3-2-4-6-13;1-4-12-10-7-6-9(3)8-11(10)13-5-2;1-7-5-9(3)10(4)6-8(7)2;1-7-3-5-8(6-4-7)9(10)11-2;1-7-4-5-8(2)9(6-7)10-3;1-3-9-6-4-8(2)5-7-9;1-5-2-3-6(9)4-7(5)8(10,11)12;1-5-3-2-4-6(7(5)9)8(10,11)12/h2-10H,11H2,1H3;6-8H,4-5H2,1-3H3;5-6H,1-4H3;3-6H,1-2H3;4-6H,1-3H3;3-7H,1H2,2H3;2*2-4H,1H3. The van der Waals surface area contributed by atoms with Crippen molar-refractivity contribution in [2.75, 3.05) is 27.4 Å². The van der Waals surface area contributed by atoms with E-state index in [2.05, 4.69) is 163 Å². The molecule has 486 valence electrons. The van der Waals surface area contributed by atoms with E-state index in [1.54, 1.807) is 19.2 Å². The van der Waals surface area contributed by atoms with Gasteiger partial charge in [-0.15, -0.1) is 0 Å². The smallest absolute Gasteiger partial charge is 0.419 e. The lowest BCUT2D eigenvalue weighted by Crippen LogP contribution is -2.08. The first-order valence-corrected chi connectivity index (χ1v) is 29.5. The molecule has 0 N–H and O–H groups in total. The van der Waals surface area contributed by atoms with Crippen LogP contribution in [-0.4, -0.2) is 33.4 Å². The Morgan fingerprint density at radius 2 is 0.857 bits per heavy atom. The van der Waals surface area contributed by atoms with Crippen molar-refractivity contribution >= 4 is 12.0 Å². The average Bonchev–Trinajstić information content (AvgIpc) is 2.62. The molecule has 0 fully saturated rings. The largest absolute Gasteiger partial charge is 0.496 e. The van der Waals surface area contributed by atoms with Crippen LogP contribution in [0.3, 0.4) is 0 Å². The molecule has 0 aliphatic heterocycles. The summed E-state index contributed by atoms with van der Waals surface area (Å²) < 4.78 is 118. The van der Waals surface area contributed by atoms with E-state index in [0.717, 1.165) is 47.4 Å². The van der Waals surface area contributed by atoms with Gasteiger partial charge in [0.2, 0.25) is 0 Å². The number of hydrogen-bond donors (Lipinski definition) is 0. The second kappa shape index (κ2) is 39.9. The van der Waals surface area contributed by atoms with Crippen molar-refractivity contribution in [2.45, 2.75) is 116 Å². The molecule has 13 heteroatoms. The van der Waals surface area contributed by atoms with E-state index in [0.29, 0.717) is 24.8 Å². The van der Waals surface area contributed by atoms with Crippen LogP contribution in [0.2, 0.25) is 0 Å². The summed E-state index contributed by atoms with van der Waals surface area (Å²) in [5.74, 6) is 0.294. The van der Waals surface area contributed by atoms with Crippen LogP contribution in [0.4, 0.5) is 35.1 Å². The van der Waals surface area contributed by atoms with Crippen LogP contribution in [0.25, 0.3) is 6.08 Å². The Kier molecular flexibility index (Phi) is 34.3. The Balaban J connectivity index is 0.000000356. The van der Waals surface area contributed by atoms with Gasteiger partial charge in [-0.1, -0.05) is 169 Å². The van der Waals surface area contributed by atoms with E-state index in [-0.39, 0.29) is 17.1 Å². The molecule has 0 aliphatic carbocycles. The number of carbonyl (C=O) groups excluding carboxylic acids is 1. The zero-order chi connectivity index (χ0) is 68.4. The predicted octanol–water partition coefficient (Wildman–Crippen LogP) is 22.3. The summed E-state index contributed by atoms with van der Waals surface area (Å²) in [6, 6.07) is 57.3. The third-order valence-corrected chi connectivity index (χ3v) is 13.5. The van der Waals surface area contributed by atoms with Gasteiger partial charge >= 0.3 is 18.3 Å². The Hall–Kier alpha value is -8.97. The quantitative estimate of drug-likeness (QED) is 0.106. The highest BCUT2D eigenvalue weighted by molar-refractivity contribution is 5.89. The Morgan fingerprint density at radius 3 is 1.30 bits per heavy atom. The predicted molar refractivity (Wildman–Crippen MR) is 358 cm³/mol. The van der Waals surface area contributed by atoms with Gasteiger partial charge in [-0.25, -0.2) is 13.6 Å². The number of halogens is 8. The third-order valence-electron chi connectivity index (χ3n) is 13.5. The summed E-state index contributed by atoms with van der Waals surface area (Å²) >= 11 is 0. The van der Waals surface area contributed by atoms with Gasteiger partial charge in [0.05, 0.1) is 44.1 Å². The first-order chi connectivity index (χ1) is 42.9. The number of hydrogen-bond acceptors (Lipinski definition) is 5. The summed E-state index contributed by atoms with van der Waals surface area (Å²) in [6.07, 6.45) is -6.19. The fourth-order valence-corrected chi connectivity index (χ4v) is 8.00. The maximum Gasteiger partial charge on any atom is 0.419 e. The van der Waals surface area contributed by atoms with E-state index in [1.807, 2.05) is 77.1 Å². The highest BCUT2D eigenvalue weighted by atomic mass is 19.4. The van der Waals surface area contributed by atoms with Gasteiger partial charge in [0, 0.05) is 0 Å². The highest BCUT2D eigenvalue weighted by Crippen LogP contribution is 2.33. The summed E-state index contributed by atoms with van der Waals surface area (Å²) in [6.45, 7) is 32.5. The van der Waals surface area contributed by atoms with Crippen molar-refractivity contribution < 1.29 is 58.9 Å². The zero-order valence-corrected chi connectivity index (χ0v) is 55.4. The SMILES string of the molecule is C=Cc1ccc(C)cc1.CCOc1ccc(C)cc1OCC.COC(=O)c1ccc(C)cc1.COc1cc(C)ccc1C.Cc1cc(C)c(C)cc1C.Cc1ccc(Cc2ccccc2)cc1.Cc1ccc(F)cc1C(F)(F)F.Cc1cccc(C(F)(F)F)c1F. The first kappa shape index (κ1) is 78.1. The average molecular weight is 1260 g/mol. The van der Waals surface area contributed by atoms with Crippen molar-refractivity contribution in [1.29, 1.82) is 0 Å². The van der Waals surface area contributed by atoms with Crippen LogP contribution in [-0.2, 0) is 23.5 Å². The number of esters is 1.